The number of methoxy groups -OCH3 is 1. The molecule has 0 aliphatic heterocycles. The van der Waals surface area contributed by atoms with Gasteiger partial charge in [0.1, 0.15) is 5.75 Å². The van der Waals surface area contributed by atoms with Gasteiger partial charge < -0.3 is 14.9 Å². The predicted octanol–water partition coefficient (Wildman–Crippen LogP) is 2.22. The average Bonchev–Trinajstić information content (AvgIpc) is 2.41. The molecule has 1 heterocycles. The third kappa shape index (κ3) is 3.90. The number of pyridine rings is 1. The summed E-state index contributed by atoms with van der Waals surface area (Å²) in [6.07, 6.45) is 4.03. The highest BCUT2D eigenvalue weighted by Crippen LogP contribution is 2.10. The van der Waals surface area contributed by atoms with E-state index in [4.69, 9.17) is 14.9 Å². The van der Waals surface area contributed by atoms with Crippen LogP contribution in [-0.4, -0.2) is 7.11 Å². The standard InChI is InChI=1S/C12H12NO.HNO2/c1-14-12-7-5-11(6-8-12)13-9-3-2-4-10-13;2-1-3/h2-10H,1H3;(H,2,3)/q+1;/p-1. The van der Waals surface area contributed by atoms with Gasteiger partial charge in [-0.05, 0) is 12.1 Å². The van der Waals surface area contributed by atoms with Crippen LogP contribution in [0.15, 0.2) is 60.2 Å². The van der Waals surface area contributed by atoms with Crippen molar-refractivity contribution in [3.63, 3.8) is 0 Å². The van der Waals surface area contributed by atoms with Crippen molar-refractivity contribution in [2.75, 3.05) is 7.11 Å². The molecular weight excluding hydrogens is 220 g/mol. The molecule has 1 aromatic heterocycles. The highest BCUT2D eigenvalue weighted by molar-refractivity contribution is 5.31. The maximum atomic E-state index is 8.00. The molecule has 1 aromatic carbocycles. The topological polar surface area (TPSA) is 65.6 Å². The van der Waals surface area contributed by atoms with Crippen LogP contribution in [0, 0.1) is 10.1 Å². The maximum Gasteiger partial charge on any atom is 0.210 e. The summed E-state index contributed by atoms with van der Waals surface area (Å²) in [7, 11) is 1.67. The normalized spacial score (nSPS) is 8.76. The van der Waals surface area contributed by atoms with Crippen molar-refractivity contribution in [1.82, 2.24) is 0 Å². The lowest BCUT2D eigenvalue weighted by Gasteiger charge is -1.98. The van der Waals surface area contributed by atoms with Crippen molar-refractivity contribution in [2.24, 2.45) is 5.34 Å². The number of nitrogens with zero attached hydrogens (tertiary/aromatic N) is 2. The first kappa shape index (κ1) is 12.6. The summed E-state index contributed by atoms with van der Waals surface area (Å²) < 4.78 is 7.15. The highest BCUT2D eigenvalue weighted by atomic mass is 16.6. The smallest absolute Gasteiger partial charge is 0.210 e. The largest absolute Gasteiger partial charge is 0.497 e. The van der Waals surface area contributed by atoms with Gasteiger partial charge in [-0.3, -0.25) is 0 Å². The molecule has 0 atom stereocenters. The molecule has 0 radical (unpaired) electrons. The van der Waals surface area contributed by atoms with Gasteiger partial charge in [-0.1, -0.05) is 6.07 Å². The lowest BCUT2D eigenvalue weighted by Crippen LogP contribution is -2.28. The molecule has 0 N–H and O–H groups in total. The van der Waals surface area contributed by atoms with E-state index in [9.17, 15) is 0 Å². The van der Waals surface area contributed by atoms with E-state index < -0.39 is 0 Å². The first-order chi connectivity index (χ1) is 8.31. The fourth-order valence-electron chi connectivity index (χ4n) is 1.33. The summed E-state index contributed by atoms with van der Waals surface area (Å²) in [6.45, 7) is 0. The van der Waals surface area contributed by atoms with E-state index in [0.29, 0.717) is 0 Å². The van der Waals surface area contributed by atoms with Gasteiger partial charge in [0, 0.05) is 24.3 Å². The van der Waals surface area contributed by atoms with E-state index in [0.717, 1.165) is 16.8 Å². The first-order valence-corrected chi connectivity index (χ1v) is 4.87. The molecule has 0 aliphatic carbocycles. The van der Waals surface area contributed by atoms with Crippen molar-refractivity contribution < 1.29 is 9.30 Å². The minimum absolute atomic E-state index is 0.880. The summed E-state index contributed by atoms with van der Waals surface area (Å²) in [5.41, 5.74) is 1.13. The van der Waals surface area contributed by atoms with E-state index in [-0.39, 0.29) is 0 Å². The quantitative estimate of drug-likeness (QED) is 0.453. The van der Waals surface area contributed by atoms with Gasteiger partial charge in [-0.2, -0.15) is 4.57 Å². The second kappa shape index (κ2) is 6.95. The summed E-state index contributed by atoms with van der Waals surface area (Å²) in [4.78, 5) is 8.00. The van der Waals surface area contributed by atoms with E-state index in [1.54, 1.807) is 7.11 Å². The minimum Gasteiger partial charge on any atom is -0.497 e. The first-order valence-electron chi connectivity index (χ1n) is 4.87. The Balaban J connectivity index is 0.000000437. The Morgan fingerprint density at radius 3 is 2.12 bits per heavy atom. The molecule has 5 heteroatoms. The number of hydrogen-bond acceptors (Lipinski definition) is 4. The van der Waals surface area contributed by atoms with Gasteiger partial charge in [0.25, 0.3) is 0 Å². The Morgan fingerprint density at radius 2 is 1.65 bits per heavy atom. The SMILES string of the molecule is COc1ccc(-[n+]2ccccc2)cc1.O=N[O-]. The molecule has 0 fully saturated rings. The van der Waals surface area contributed by atoms with Gasteiger partial charge in [-0.15, -0.1) is 5.34 Å². The van der Waals surface area contributed by atoms with Crippen LogP contribution in [0.2, 0.25) is 0 Å². The van der Waals surface area contributed by atoms with Crippen LogP contribution in [0.5, 0.6) is 5.75 Å². The number of aromatic nitrogens is 1. The van der Waals surface area contributed by atoms with Crippen molar-refractivity contribution in [3.8, 4) is 11.4 Å². The molecule has 0 unspecified atom stereocenters. The summed E-state index contributed by atoms with van der Waals surface area (Å²) in [6, 6.07) is 14.0. The van der Waals surface area contributed by atoms with Crippen molar-refractivity contribution in [3.05, 3.63) is 65.0 Å². The molecule has 0 amide bonds. The zero-order chi connectivity index (χ0) is 12.5. The molecule has 0 saturated heterocycles. The van der Waals surface area contributed by atoms with E-state index in [1.165, 1.54) is 0 Å². The second-order valence-electron chi connectivity index (χ2n) is 3.06. The maximum absolute atomic E-state index is 8.00. The van der Waals surface area contributed by atoms with Crippen molar-refractivity contribution >= 4 is 0 Å². The Bertz CT molecular complexity index is 443. The Morgan fingerprint density at radius 1 is 1.12 bits per heavy atom. The molecule has 0 saturated carbocycles. The number of hydrogen-bond donors (Lipinski definition) is 0. The summed E-state index contributed by atoms with van der Waals surface area (Å²) >= 11 is 0. The Hall–Kier alpha value is -2.43. The van der Waals surface area contributed by atoms with E-state index in [1.807, 2.05) is 54.9 Å². The average molecular weight is 232 g/mol. The molecular formula is C12H12N2O3. The minimum atomic E-state index is 0.880. The van der Waals surface area contributed by atoms with Crippen LogP contribution < -0.4 is 9.30 Å². The van der Waals surface area contributed by atoms with Gasteiger partial charge in [0.05, 0.1) is 7.11 Å². The molecule has 2 rings (SSSR count). The van der Waals surface area contributed by atoms with Gasteiger partial charge in [0.2, 0.25) is 5.69 Å². The highest BCUT2D eigenvalue weighted by Gasteiger charge is 2.02. The Kier molecular flexibility index (Phi) is 5.16. The van der Waals surface area contributed by atoms with Crippen LogP contribution in [0.4, 0.5) is 0 Å². The van der Waals surface area contributed by atoms with Gasteiger partial charge >= 0.3 is 0 Å². The van der Waals surface area contributed by atoms with Crippen molar-refractivity contribution in [1.29, 1.82) is 0 Å². The molecule has 2 aromatic rings. The molecule has 0 aliphatic rings. The van der Waals surface area contributed by atoms with Crippen LogP contribution in [-0.2, 0) is 0 Å². The lowest BCUT2D eigenvalue weighted by atomic mass is 10.3. The van der Waals surface area contributed by atoms with Crippen LogP contribution in [0.3, 0.4) is 0 Å². The Labute approximate surface area is 98.8 Å². The van der Waals surface area contributed by atoms with Gasteiger partial charge in [0.15, 0.2) is 12.4 Å². The number of ether oxygens (including phenoxy) is 1. The number of benzene rings is 1. The van der Waals surface area contributed by atoms with Crippen molar-refractivity contribution in [2.45, 2.75) is 0 Å². The fourth-order valence-corrected chi connectivity index (χ4v) is 1.33. The molecule has 88 valence electrons. The lowest BCUT2D eigenvalue weighted by molar-refractivity contribution is -0.595. The monoisotopic (exact) mass is 232 g/mol. The van der Waals surface area contributed by atoms with E-state index in [2.05, 4.69) is 4.57 Å². The zero-order valence-corrected chi connectivity index (χ0v) is 9.32. The van der Waals surface area contributed by atoms with Crippen LogP contribution >= 0.6 is 0 Å². The molecule has 0 bridgehead atoms. The third-order valence-corrected chi connectivity index (χ3v) is 2.09. The fraction of sp³-hybridized carbons (Fsp3) is 0.0833. The molecule has 0 spiro atoms. The number of rotatable bonds is 2. The van der Waals surface area contributed by atoms with Gasteiger partial charge in [-0.25, -0.2) is 0 Å². The zero-order valence-electron chi connectivity index (χ0n) is 9.32. The van der Waals surface area contributed by atoms with E-state index >= 15 is 0 Å². The van der Waals surface area contributed by atoms with Crippen LogP contribution in [0.1, 0.15) is 0 Å². The summed E-state index contributed by atoms with van der Waals surface area (Å²) in [5.74, 6) is 0.880. The second-order valence-corrected chi connectivity index (χ2v) is 3.06. The summed E-state index contributed by atoms with van der Waals surface area (Å²) in [5, 5.41) is 9.00. The third-order valence-electron chi connectivity index (χ3n) is 2.09. The van der Waals surface area contributed by atoms with Crippen LogP contribution in [0.25, 0.3) is 5.69 Å². The predicted molar refractivity (Wildman–Crippen MR) is 63.7 cm³/mol. The molecule has 17 heavy (non-hydrogen) atoms. The molecule has 5 nitrogen and oxygen atoms in total.